The Labute approximate surface area is 103 Å². The molecule has 1 aromatic rings. The summed E-state index contributed by atoms with van der Waals surface area (Å²) in [6, 6.07) is 6.19. The van der Waals surface area contributed by atoms with Crippen molar-refractivity contribution < 1.29 is 9.50 Å². The summed E-state index contributed by atoms with van der Waals surface area (Å²) in [5, 5.41) is 9.93. The molecular weight excluding hydrogens is 217 g/mol. The Hall–Kier alpha value is -0.930. The molecule has 0 aliphatic carbocycles. The van der Waals surface area contributed by atoms with E-state index in [-0.39, 0.29) is 5.82 Å². The van der Waals surface area contributed by atoms with Gasteiger partial charge in [0.15, 0.2) is 0 Å². The molecule has 0 fully saturated rings. The molecule has 2 nitrogen and oxygen atoms in total. The van der Waals surface area contributed by atoms with Gasteiger partial charge in [0.1, 0.15) is 5.82 Å². The van der Waals surface area contributed by atoms with Gasteiger partial charge >= 0.3 is 0 Å². The van der Waals surface area contributed by atoms with E-state index >= 15 is 0 Å². The number of nitrogens with zero attached hydrogens (tertiary/aromatic N) is 1. The number of hydrogen-bond acceptors (Lipinski definition) is 2. The van der Waals surface area contributed by atoms with E-state index in [9.17, 15) is 9.50 Å². The first-order chi connectivity index (χ1) is 8.13. The maximum Gasteiger partial charge on any atom is 0.123 e. The van der Waals surface area contributed by atoms with Gasteiger partial charge in [0, 0.05) is 6.54 Å². The third kappa shape index (κ3) is 5.29. The maximum atomic E-state index is 13.0. The van der Waals surface area contributed by atoms with Crippen molar-refractivity contribution in [3.05, 3.63) is 35.6 Å². The Morgan fingerprint density at radius 3 is 2.76 bits per heavy atom. The number of unbranched alkanes of at least 4 members (excludes halogenated alkanes) is 1. The van der Waals surface area contributed by atoms with Gasteiger partial charge in [0.2, 0.25) is 0 Å². The summed E-state index contributed by atoms with van der Waals surface area (Å²) in [7, 11) is 2.05. The number of aliphatic hydroxyl groups is 1. The van der Waals surface area contributed by atoms with Crippen molar-refractivity contribution in [3.63, 3.8) is 0 Å². The summed E-state index contributed by atoms with van der Waals surface area (Å²) >= 11 is 0. The molecule has 0 bridgehead atoms. The first-order valence-corrected chi connectivity index (χ1v) is 6.25. The molecule has 0 aromatic heterocycles. The van der Waals surface area contributed by atoms with Crippen LogP contribution in [0, 0.1) is 5.82 Å². The lowest BCUT2D eigenvalue weighted by molar-refractivity contribution is 0.148. The normalized spacial score (nSPS) is 13.0. The molecule has 96 valence electrons. The molecule has 0 aliphatic heterocycles. The minimum Gasteiger partial charge on any atom is -0.388 e. The van der Waals surface area contributed by atoms with Crippen LogP contribution in [0.2, 0.25) is 0 Å². The van der Waals surface area contributed by atoms with E-state index in [0.717, 1.165) is 13.1 Å². The van der Waals surface area contributed by atoms with Crippen molar-refractivity contribution in [2.75, 3.05) is 20.1 Å². The van der Waals surface area contributed by atoms with Gasteiger partial charge in [-0.2, -0.15) is 0 Å². The van der Waals surface area contributed by atoms with Gasteiger partial charge in [-0.3, -0.25) is 0 Å². The molecule has 0 spiro atoms. The summed E-state index contributed by atoms with van der Waals surface area (Å²) in [6.07, 6.45) is 2.42. The fourth-order valence-electron chi connectivity index (χ4n) is 1.76. The van der Waals surface area contributed by atoms with E-state index in [2.05, 4.69) is 11.8 Å². The average molecular weight is 239 g/mol. The number of benzene rings is 1. The van der Waals surface area contributed by atoms with E-state index in [1.54, 1.807) is 12.1 Å². The molecule has 3 heteroatoms. The third-order valence-corrected chi connectivity index (χ3v) is 2.91. The zero-order valence-corrected chi connectivity index (χ0v) is 10.7. The van der Waals surface area contributed by atoms with E-state index in [1.807, 2.05) is 7.05 Å². The Morgan fingerprint density at radius 1 is 1.35 bits per heavy atom. The SMILES string of the molecule is CCCCN(C)CCC(O)c1cccc(F)c1. The van der Waals surface area contributed by atoms with Crippen LogP contribution in [0.15, 0.2) is 24.3 Å². The first kappa shape index (κ1) is 14.1. The van der Waals surface area contributed by atoms with Crippen molar-refractivity contribution in [1.82, 2.24) is 4.90 Å². The molecule has 1 unspecified atom stereocenters. The molecule has 0 heterocycles. The van der Waals surface area contributed by atoms with Crippen LogP contribution >= 0.6 is 0 Å². The van der Waals surface area contributed by atoms with Gasteiger partial charge in [-0.1, -0.05) is 25.5 Å². The van der Waals surface area contributed by atoms with Gasteiger partial charge in [-0.15, -0.1) is 0 Å². The van der Waals surface area contributed by atoms with Gasteiger partial charge in [-0.05, 0) is 44.1 Å². The highest BCUT2D eigenvalue weighted by Crippen LogP contribution is 2.17. The molecule has 17 heavy (non-hydrogen) atoms. The highest BCUT2D eigenvalue weighted by atomic mass is 19.1. The molecule has 0 saturated heterocycles. The summed E-state index contributed by atoms with van der Waals surface area (Å²) in [6.45, 7) is 4.04. The van der Waals surface area contributed by atoms with E-state index in [0.29, 0.717) is 12.0 Å². The Bertz CT molecular complexity index is 330. The van der Waals surface area contributed by atoms with E-state index in [4.69, 9.17) is 0 Å². The molecule has 1 atom stereocenters. The fourth-order valence-corrected chi connectivity index (χ4v) is 1.76. The van der Waals surface area contributed by atoms with Crippen molar-refractivity contribution in [2.24, 2.45) is 0 Å². The Kier molecular flexibility index (Phi) is 6.16. The highest BCUT2D eigenvalue weighted by molar-refractivity contribution is 5.18. The zero-order valence-electron chi connectivity index (χ0n) is 10.7. The van der Waals surface area contributed by atoms with Gasteiger partial charge in [0.05, 0.1) is 6.10 Å². The lowest BCUT2D eigenvalue weighted by Crippen LogP contribution is -2.22. The van der Waals surface area contributed by atoms with Gasteiger partial charge in [-0.25, -0.2) is 4.39 Å². The number of halogens is 1. The van der Waals surface area contributed by atoms with Gasteiger partial charge in [0.25, 0.3) is 0 Å². The van der Waals surface area contributed by atoms with Crippen LogP contribution in [0.25, 0.3) is 0 Å². The molecule has 1 N–H and O–H groups in total. The highest BCUT2D eigenvalue weighted by Gasteiger charge is 2.09. The second kappa shape index (κ2) is 7.41. The molecule has 1 aromatic carbocycles. The molecule has 0 amide bonds. The van der Waals surface area contributed by atoms with Crippen LogP contribution in [0.3, 0.4) is 0 Å². The predicted molar refractivity (Wildman–Crippen MR) is 68.4 cm³/mol. The van der Waals surface area contributed by atoms with Crippen LogP contribution in [0.1, 0.15) is 37.9 Å². The zero-order chi connectivity index (χ0) is 12.7. The fraction of sp³-hybridized carbons (Fsp3) is 0.571. The summed E-state index contributed by atoms with van der Waals surface area (Å²) in [5.74, 6) is -0.291. The smallest absolute Gasteiger partial charge is 0.123 e. The van der Waals surface area contributed by atoms with Gasteiger partial charge < -0.3 is 10.0 Å². The minimum atomic E-state index is -0.574. The van der Waals surface area contributed by atoms with Crippen molar-refractivity contribution in [1.29, 1.82) is 0 Å². The number of hydrogen-bond donors (Lipinski definition) is 1. The van der Waals surface area contributed by atoms with Crippen LogP contribution in [0.4, 0.5) is 4.39 Å². The Balaban J connectivity index is 2.36. The standard InChI is InChI=1S/C14H22FNO/c1-3-4-9-16(2)10-8-14(17)12-6-5-7-13(15)11-12/h5-7,11,14,17H,3-4,8-10H2,1-2H3. The number of aliphatic hydroxyl groups excluding tert-OH is 1. The number of rotatable bonds is 7. The second-order valence-electron chi connectivity index (χ2n) is 4.52. The topological polar surface area (TPSA) is 23.5 Å². The molecule has 0 saturated carbocycles. The average Bonchev–Trinajstić information content (AvgIpc) is 2.33. The predicted octanol–water partition coefficient (Wildman–Crippen LogP) is 2.98. The maximum absolute atomic E-state index is 13.0. The van der Waals surface area contributed by atoms with E-state index < -0.39 is 6.10 Å². The lowest BCUT2D eigenvalue weighted by atomic mass is 10.1. The quantitative estimate of drug-likeness (QED) is 0.790. The molecule has 0 aliphatic rings. The Morgan fingerprint density at radius 2 is 2.12 bits per heavy atom. The van der Waals surface area contributed by atoms with Crippen molar-refractivity contribution in [3.8, 4) is 0 Å². The molecule has 0 radical (unpaired) electrons. The first-order valence-electron chi connectivity index (χ1n) is 6.25. The van der Waals surface area contributed by atoms with Crippen LogP contribution in [-0.4, -0.2) is 30.1 Å². The monoisotopic (exact) mass is 239 g/mol. The van der Waals surface area contributed by atoms with Crippen LogP contribution < -0.4 is 0 Å². The molecular formula is C14H22FNO. The van der Waals surface area contributed by atoms with E-state index in [1.165, 1.54) is 25.0 Å². The van der Waals surface area contributed by atoms with Crippen LogP contribution in [-0.2, 0) is 0 Å². The summed E-state index contributed by atoms with van der Waals surface area (Å²) in [5.41, 5.74) is 0.661. The van der Waals surface area contributed by atoms with Crippen molar-refractivity contribution in [2.45, 2.75) is 32.3 Å². The largest absolute Gasteiger partial charge is 0.388 e. The molecule has 1 rings (SSSR count). The third-order valence-electron chi connectivity index (χ3n) is 2.91. The lowest BCUT2D eigenvalue weighted by Gasteiger charge is -2.18. The summed E-state index contributed by atoms with van der Waals surface area (Å²) in [4.78, 5) is 2.20. The van der Waals surface area contributed by atoms with Crippen molar-refractivity contribution >= 4 is 0 Å². The second-order valence-corrected chi connectivity index (χ2v) is 4.52. The van der Waals surface area contributed by atoms with Crippen LogP contribution in [0.5, 0.6) is 0 Å². The summed E-state index contributed by atoms with van der Waals surface area (Å²) < 4.78 is 13.0. The minimum absolute atomic E-state index is 0.291.